The molecule has 0 atom stereocenters. The number of hydrogen-bond acceptors (Lipinski definition) is 6. The molecule has 0 fully saturated rings. The largest absolute Gasteiger partial charge is 0.495 e. The summed E-state index contributed by atoms with van der Waals surface area (Å²) in [6.07, 6.45) is 3.40. The van der Waals surface area contributed by atoms with Crippen molar-refractivity contribution in [3.63, 3.8) is 0 Å². The van der Waals surface area contributed by atoms with Gasteiger partial charge >= 0.3 is 0 Å². The van der Waals surface area contributed by atoms with Gasteiger partial charge in [-0.1, -0.05) is 0 Å². The predicted molar refractivity (Wildman–Crippen MR) is 101 cm³/mol. The lowest BCUT2D eigenvalue weighted by atomic mass is 10.3. The Morgan fingerprint density at radius 3 is 3.04 bits per heavy atom. The minimum Gasteiger partial charge on any atom is -0.495 e. The molecule has 0 unspecified atom stereocenters. The first-order chi connectivity index (χ1) is 12.1. The monoisotopic (exact) mass is 364 g/mol. The molecule has 0 aromatic carbocycles. The third-order valence-corrected chi connectivity index (χ3v) is 4.08. The summed E-state index contributed by atoms with van der Waals surface area (Å²) in [4.78, 5) is 13.7. The van der Waals surface area contributed by atoms with Gasteiger partial charge in [-0.15, -0.1) is 4.99 Å². The van der Waals surface area contributed by atoms with Crippen LogP contribution in [0.3, 0.4) is 0 Å². The van der Waals surface area contributed by atoms with Crippen molar-refractivity contribution in [2.75, 3.05) is 39.5 Å². The van der Waals surface area contributed by atoms with Crippen molar-refractivity contribution in [2.45, 2.75) is 5.75 Å². The van der Waals surface area contributed by atoms with E-state index in [0.717, 1.165) is 22.9 Å². The number of pyridine rings is 1. The lowest BCUT2D eigenvalue weighted by Crippen LogP contribution is -2.41. The first-order valence-corrected chi connectivity index (χ1v) is 8.76. The minimum atomic E-state index is 0.168. The molecular formula is C15H24N8OS. The highest BCUT2D eigenvalue weighted by Gasteiger charge is 2.03. The van der Waals surface area contributed by atoms with E-state index in [4.69, 9.17) is 21.5 Å². The summed E-state index contributed by atoms with van der Waals surface area (Å²) in [5, 5.41) is 11.4. The zero-order chi connectivity index (χ0) is 18.5. The van der Waals surface area contributed by atoms with E-state index in [0.29, 0.717) is 25.6 Å². The van der Waals surface area contributed by atoms with Gasteiger partial charge in [-0.2, -0.15) is 17.0 Å². The number of likely N-dealkylation sites (N-methyl/N-ethyl adjacent to an activating group) is 1. The molecule has 0 radical (unpaired) electrons. The predicted octanol–water partition coefficient (Wildman–Crippen LogP) is -0.0447. The summed E-state index contributed by atoms with van der Waals surface area (Å²) < 4.78 is 5.26. The number of ether oxygens (including phenoxy) is 1. The van der Waals surface area contributed by atoms with E-state index in [9.17, 15) is 0 Å². The second-order valence-corrected chi connectivity index (χ2v) is 6.00. The minimum absolute atomic E-state index is 0.168. The van der Waals surface area contributed by atoms with Crippen LogP contribution in [0.25, 0.3) is 0 Å². The van der Waals surface area contributed by atoms with E-state index >= 15 is 0 Å². The van der Waals surface area contributed by atoms with Crippen molar-refractivity contribution < 1.29 is 4.74 Å². The molecule has 1 aromatic rings. The fourth-order valence-electron chi connectivity index (χ4n) is 1.78. The molecule has 0 aliphatic carbocycles. The van der Waals surface area contributed by atoms with Crippen molar-refractivity contribution in [3.8, 4) is 11.9 Å². The van der Waals surface area contributed by atoms with Gasteiger partial charge in [0.1, 0.15) is 5.75 Å². The van der Waals surface area contributed by atoms with Crippen LogP contribution in [0.5, 0.6) is 5.75 Å². The van der Waals surface area contributed by atoms with Gasteiger partial charge in [0.05, 0.1) is 19.3 Å². The average molecular weight is 364 g/mol. The number of nitrogens with zero attached hydrogens (tertiary/aromatic N) is 5. The average Bonchev–Trinajstić information content (AvgIpc) is 2.61. The standard InChI is InChI=1S/C15H24N8OS/c1-23(15(18)22-11-16)8-6-20-14(17)21-7-9-25-10-12-13(24-2)4-3-5-19-12/h3-5H,6-10H2,1-2H3,(H2,18,22)(H3,17,20,21). The number of thioether (sulfide) groups is 1. The van der Waals surface area contributed by atoms with Crippen molar-refractivity contribution in [1.29, 1.82) is 5.26 Å². The molecule has 0 aliphatic rings. The highest BCUT2D eigenvalue weighted by atomic mass is 32.2. The van der Waals surface area contributed by atoms with Crippen LogP contribution in [0.1, 0.15) is 5.69 Å². The van der Waals surface area contributed by atoms with Gasteiger partial charge in [-0.05, 0) is 12.1 Å². The summed E-state index contributed by atoms with van der Waals surface area (Å²) in [6, 6.07) is 3.74. The van der Waals surface area contributed by atoms with E-state index in [1.807, 2.05) is 12.1 Å². The molecular weight excluding hydrogens is 340 g/mol. The first kappa shape index (κ1) is 20.4. The molecule has 1 heterocycles. The summed E-state index contributed by atoms with van der Waals surface area (Å²) in [5.74, 6) is 2.92. The van der Waals surface area contributed by atoms with Crippen LogP contribution in [-0.4, -0.2) is 61.3 Å². The van der Waals surface area contributed by atoms with E-state index < -0.39 is 0 Å². The lowest BCUT2D eigenvalue weighted by Gasteiger charge is -2.17. The number of nitrogens with one attached hydrogen (secondary N) is 1. The Morgan fingerprint density at radius 1 is 1.52 bits per heavy atom. The molecule has 0 saturated carbocycles. The van der Waals surface area contributed by atoms with Crippen LogP contribution in [0.15, 0.2) is 28.3 Å². The molecule has 0 aliphatic heterocycles. The SMILES string of the molecule is COc1cccnc1CSCCN=C(N)NCCN(C)C(N)=NC#N. The van der Waals surface area contributed by atoms with Crippen LogP contribution < -0.4 is 21.5 Å². The summed E-state index contributed by atoms with van der Waals surface area (Å²) in [7, 11) is 3.38. The molecule has 0 saturated heterocycles. The van der Waals surface area contributed by atoms with Crippen molar-refractivity contribution in [2.24, 2.45) is 21.5 Å². The highest BCUT2D eigenvalue weighted by Crippen LogP contribution is 2.19. The Morgan fingerprint density at radius 2 is 2.32 bits per heavy atom. The second kappa shape index (κ2) is 11.8. The molecule has 10 heteroatoms. The van der Waals surface area contributed by atoms with Crippen LogP contribution in [0.2, 0.25) is 0 Å². The Bertz CT molecular complexity index is 628. The Hall–Kier alpha value is -2.67. The van der Waals surface area contributed by atoms with E-state index in [2.05, 4.69) is 20.3 Å². The fourth-order valence-corrected chi connectivity index (χ4v) is 2.55. The van der Waals surface area contributed by atoms with Gasteiger partial charge < -0.3 is 26.4 Å². The van der Waals surface area contributed by atoms with Gasteiger partial charge in [0.15, 0.2) is 5.96 Å². The maximum Gasteiger partial charge on any atom is 0.209 e. The van der Waals surface area contributed by atoms with E-state index in [1.165, 1.54) is 0 Å². The van der Waals surface area contributed by atoms with Crippen LogP contribution in [0.4, 0.5) is 0 Å². The van der Waals surface area contributed by atoms with Crippen LogP contribution >= 0.6 is 11.8 Å². The number of hydrogen-bond donors (Lipinski definition) is 3. The van der Waals surface area contributed by atoms with Crippen molar-refractivity contribution in [1.82, 2.24) is 15.2 Å². The zero-order valence-corrected chi connectivity index (χ0v) is 15.3. The Kier molecular flexibility index (Phi) is 9.62. The molecule has 0 bridgehead atoms. The molecule has 9 nitrogen and oxygen atoms in total. The molecule has 0 amide bonds. The number of aromatic nitrogens is 1. The Labute approximate surface area is 152 Å². The fraction of sp³-hybridized carbons (Fsp3) is 0.467. The number of nitriles is 1. The number of rotatable bonds is 9. The van der Waals surface area contributed by atoms with Gasteiger partial charge in [-0.3, -0.25) is 9.98 Å². The third kappa shape index (κ3) is 8.12. The highest BCUT2D eigenvalue weighted by molar-refractivity contribution is 7.98. The molecule has 5 N–H and O–H groups in total. The summed E-state index contributed by atoms with van der Waals surface area (Å²) in [5.41, 5.74) is 12.3. The molecule has 1 aromatic heterocycles. The summed E-state index contributed by atoms with van der Waals surface area (Å²) in [6.45, 7) is 1.71. The quantitative estimate of drug-likeness (QED) is 0.240. The molecule has 25 heavy (non-hydrogen) atoms. The maximum atomic E-state index is 8.43. The zero-order valence-electron chi connectivity index (χ0n) is 14.5. The first-order valence-electron chi connectivity index (χ1n) is 7.61. The normalized spacial score (nSPS) is 11.7. The third-order valence-electron chi connectivity index (χ3n) is 3.13. The van der Waals surface area contributed by atoms with E-state index in [1.54, 1.807) is 43.2 Å². The maximum absolute atomic E-state index is 8.43. The number of nitrogens with two attached hydrogens (primary N) is 2. The van der Waals surface area contributed by atoms with Crippen molar-refractivity contribution >= 4 is 23.7 Å². The molecule has 1 rings (SSSR count). The Balaban J connectivity index is 2.21. The smallest absolute Gasteiger partial charge is 0.209 e. The summed E-state index contributed by atoms with van der Waals surface area (Å²) >= 11 is 1.71. The number of aliphatic imine (C=N–C) groups is 2. The molecule has 0 spiro atoms. The topological polar surface area (TPSA) is 138 Å². The van der Waals surface area contributed by atoms with Crippen molar-refractivity contribution in [3.05, 3.63) is 24.0 Å². The van der Waals surface area contributed by atoms with Gasteiger partial charge in [0.25, 0.3) is 0 Å². The van der Waals surface area contributed by atoms with Gasteiger partial charge in [0.2, 0.25) is 12.2 Å². The van der Waals surface area contributed by atoms with Gasteiger partial charge in [0, 0.05) is 37.8 Å². The lowest BCUT2D eigenvalue weighted by molar-refractivity contribution is 0.409. The van der Waals surface area contributed by atoms with Gasteiger partial charge in [-0.25, -0.2) is 0 Å². The van der Waals surface area contributed by atoms with Crippen LogP contribution in [0, 0.1) is 11.5 Å². The molecule has 136 valence electrons. The number of methoxy groups -OCH3 is 1. The van der Waals surface area contributed by atoms with E-state index in [-0.39, 0.29) is 5.96 Å². The van der Waals surface area contributed by atoms with Crippen LogP contribution in [-0.2, 0) is 5.75 Å². The number of guanidine groups is 2. The second-order valence-electron chi connectivity index (χ2n) is 4.89.